The van der Waals surface area contributed by atoms with Gasteiger partial charge in [-0.3, -0.25) is 4.79 Å². The van der Waals surface area contributed by atoms with Crippen LogP contribution in [0.2, 0.25) is 0 Å². The highest BCUT2D eigenvalue weighted by atomic mass is 32.1. The second-order valence-electron chi connectivity index (χ2n) is 4.72. The van der Waals surface area contributed by atoms with Crippen molar-refractivity contribution < 1.29 is 9.21 Å². The third-order valence-electron chi connectivity index (χ3n) is 1.96. The van der Waals surface area contributed by atoms with Crippen LogP contribution in [0.3, 0.4) is 0 Å². The molecule has 0 saturated heterocycles. The van der Waals surface area contributed by atoms with E-state index in [0.29, 0.717) is 16.5 Å². The third kappa shape index (κ3) is 2.94. The Balaban J connectivity index is 2.16. The maximum absolute atomic E-state index is 11.8. The van der Waals surface area contributed by atoms with E-state index in [1.54, 1.807) is 17.7 Å². The summed E-state index contributed by atoms with van der Waals surface area (Å²) >= 11 is 1.40. The zero-order chi connectivity index (χ0) is 12.5. The molecule has 0 aromatic carbocycles. The molecule has 4 nitrogen and oxygen atoms in total. The van der Waals surface area contributed by atoms with Crippen molar-refractivity contribution in [2.24, 2.45) is 0 Å². The lowest BCUT2D eigenvalue weighted by molar-refractivity contribution is 0.0915. The van der Waals surface area contributed by atoms with Gasteiger partial charge >= 0.3 is 0 Å². The molecule has 17 heavy (non-hydrogen) atoms. The molecule has 0 bridgehead atoms. The van der Waals surface area contributed by atoms with Gasteiger partial charge < -0.3 is 9.73 Å². The predicted octanol–water partition coefficient (Wildman–Crippen LogP) is 2.93. The number of amides is 1. The van der Waals surface area contributed by atoms with E-state index in [1.807, 2.05) is 26.8 Å². The standard InChI is InChI=1S/C12H14N2O2S/c1-12(2,3)14-10(15)8-7-17-11(13-8)9-5-4-6-16-9/h4-7H,1-3H3,(H,14,15). The minimum Gasteiger partial charge on any atom is -0.462 e. The van der Waals surface area contributed by atoms with Gasteiger partial charge in [0.25, 0.3) is 5.91 Å². The molecule has 1 amide bonds. The highest BCUT2D eigenvalue weighted by molar-refractivity contribution is 7.13. The van der Waals surface area contributed by atoms with E-state index in [1.165, 1.54) is 11.3 Å². The first-order valence-electron chi connectivity index (χ1n) is 5.28. The monoisotopic (exact) mass is 250 g/mol. The molecule has 90 valence electrons. The van der Waals surface area contributed by atoms with Crippen molar-refractivity contribution in [3.8, 4) is 10.8 Å². The van der Waals surface area contributed by atoms with Gasteiger partial charge in [-0.05, 0) is 32.9 Å². The fourth-order valence-electron chi connectivity index (χ4n) is 1.30. The van der Waals surface area contributed by atoms with E-state index >= 15 is 0 Å². The first-order chi connectivity index (χ1) is 7.96. The number of hydrogen-bond donors (Lipinski definition) is 1. The molecule has 0 saturated carbocycles. The third-order valence-corrected chi connectivity index (χ3v) is 2.81. The number of aromatic nitrogens is 1. The molecular weight excluding hydrogens is 236 g/mol. The van der Waals surface area contributed by atoms with Gasteiger partial charge in [-0.25, -0.2) is 4.98 Å². The van der Waals surface area contributed by atoms with Gasteiger partial charge in [-0.15, -0.1) is 11.3 Å². The van der Waals surface area contributed by atoms with Crippen molar-refractivity contribution in [2.75, 3.05) is 0 Å². The van der Waals surface area contributed by atoms with E-state index in [4.69, 9.17) is 4.42 Å². The van der Waals surface area contributed by atoms with Crippen LogP contribution >= 0.6 is 11.3 Å². The molecule has 0 unspecified atom stereocenters. The van der Waals surface area contributed by atoms with Crippen LogP contribution in [-0.4, -0.2) is 16.4 Å². The molecule has 5 heteroatoms. The summed E-state index contributed by atoms with van der Waals surface area (Å²) < 4.78 is 5.23. The fraction of sp³-hybridized carbons (Fsp3) is 0.333. The zero-order valence-corrected chi connectivity index (χ0v) is 10.8. The molecule has 2 aromatic heterocycles. The van der Waals surface area contributed by atoms with E-state index in [0.717, 1.165) is 0 Å². The first kappa shape index (κ1) is 11.9. The number of carbonyl (C=O) groups is 1. The minimum absolute atomic E-state index is 0.161. The van der Waals surface area contributed by atoms with Gasteiger partial charge in [0.2, 0.25) is 0 Å². The molecular formula is C12H14N2O2S. The van der Waals surface area contributed by atoms with Crippen LogP contribution in [-0.2, 0) is 0 Å². The summed E-state index contributed by atoms with van der Waals surface area (Å²) in [5.41, 5.74) is 0.169. The van der Waals surface area contributed by atoms with Crippen LogP contribution in [0.1, 0.15) is 31.3 Å². The molecule has 0 radical (unpaired) electrons. The van der Waals surface area contributed by atoms with Crippen LogP contribution in [0.15, 0.2) is 28.2 Å². The topological polar surface area (TPSA) is 55.1 Å². The summed E-state index contributed by atoms with van der Waals surface area (Å²) in [6.07, 6.45) is 1.59. The Morgan fingerprint density at radius 1 is 1.47 bits per heavy atom. The highest BCUT2D eigenvalue weighted by Gasteiger charge is 2.18. The van der Waals surface area contributed by atoms with E-state index in [2.05, 4.69) is 10.3 Å². The van der Waals surface area contributed by atoms with Crippen molar-refractivity contribution in [1.29, 1.82) is 0 Å². The Morgan fingerprint density at radius 2 is 2.24 bits per heavy atom. The Kier molecular flexibility index (Phi) is 3.02. The summed E-state index contributed by atoms with van der Waals surface area (Å²) in [4.78, 5) is 16.1. The first-order valence-corrected chi connectivity index (χ1v) is 6.15. The van der Waals surface area contributed by atoms with Gasteiger partial charge in [0.1, 0.15) is 5.69 Å². The van der Waals surface area contributed by atoms with Crippen molar-refractivity contribution in [1.82, 2.24) is 10.3 Å². The van der Waals surface area contributed by atoms with Crippen LogP contribution in [0.5, 0.6) is 0 Å². The maximum atomic E-state index is 11.8. The Hall–Kier alpha value is -1.62. The molecule has 2 heterocycles. The quantitative estimate of drug-likeness (QED) is 0.891. The molecule has 0 aliphatic carbocycles. The van der Waals surface area contributed by atoms with Crippen LogP contribution in [0.25, 0.3) is 10.8 Å². The fourth-order valence-corrected chi connectivity index (χ4v) is 2.06. The van der Waals surface area contributed by atoms with Gasteiger partial charge in [0.05, 0.1) is 6.26 Å². The average molecular weight is 250 g/mol. The molecule has 1 N–H and O–H groups in total. The molecule has 2 rings (SSSR count). The van der Waals surface area contributed by atoms with Gasteiger partial charge in [-0.2, -0.15) is 0 Å². The molecule has 0 aliphatic heterocycles. The molecule has 2 aromatic rings. The average Bonchev–Trinajstić information content (AvgIpc) is 2.86. The van der Waals surface area contributed by atoms with Gasteiger partial charge in [-0.1, -0.05) is 0 Å². The van der Waals surface area contributed by atoms with Crippen molar-refractivity contribution in [3.05, 3.63) is 29.5 Å². The van der Waals surface area contributed by atoms with Crippen molar-refractivity contribution in [3.63, 3.8) is 0 Å². The Morgan fingerprint density at radius 3 is 2.82 bits per heavy atom. The number of nitrogens with zero attached hydrogens (tertiary/aromatic N) is 1. The second kappa shape index (κ2) is 4.33. The van der Waals surface area contributed by atoms with Gasteiger partial charge in [0.15, 0.2) is 10.8 Å². The largest absolute Gasteiger partial charge is 0.462 e. The lowest BCUT2D eigenvalue weighted by Crippen LogP contribution is -2.40. The zero-order valence-electron chi connectivity index (χ0n) is 9.98. The second-order valence-corrected chi connectivity index (χ2v) is 5.58. The van der Waals surface area contributed by atoms with E-state index in [-0.39, 0.29) is 11.4 Å². The SMILES string of the molecule is CC(C)(C)NC(=O)c1csc(-c2ccco2)n1. The molecule has 0 atom stereocenters. The van der Waals surface area contributed by atoms with Crippen molar-refractivity contribution in [2.45, 2.75) is 26.3 Å². The van der Waals surface area contributed by atoms with Crippen LogP contribution in [0.4, 0.5) is 0 Å². The highest BCUT2D eigenvalue weighted by Crippen LogP contribution is 2.24. The Bertz CT molecular complexity index is 509. The van der Waals surface area contributed by atoms with Crippen LogP contribution < -0.4 is 5.32 Å². The van der Waals surface area contributed by atoms with Crippen LogP contribution in [0, 0.1) is 0 Å². The summed E-state index contributed by atoms with van der Waals surface area (Å²) in [5, 5.41) is 5.32. The number of furan rings is 1. The smallest absolute Gasteiger partial charge is 0.271 e. The summed E-state index contributed by atoms with van der Waals surface area (Å²) in [6.45, 7) is 5.81. The molecule has 0 fully saturated rings. The predicted molar refractivity (Wildman–Crippen MR) is 67.0 cm³/mol. The van der Waals surface area contributed by atoms with Gasteiger partial charge in [0, 0.05) is 10.9 Å². The summed E-state index contributed by atoms with van der Waals surface area (Å²) in [5.74, 6) is 0.524. The number of nitrogens with one attached hydrogen (secondary N) is 1. The maximum Gasteiger partial charge on any atom is 0.271 e. The van der Waals surface area contributed by atoms with E-state index < -0.39 is 0 Å². The normalized spacial score (nSPS) is 11.5. The van der Waals surface area contributed by atoms with E-state index in [9.17, 15) is 4.79 Å². The number of rotatable bonds is 2. The molecule has 0 spiro atoms. The Labute approximate surface area is 104 Å². The number of carbonyl (C=O) groups excluding carboxylic acids is 1. The number of thiazole rings is 1. The lowest BCUT2D eigenvalue weighted by Gasteiger charge is -2.19. The number of hydrogen-bond acceptors (Lipinski definition) is 4. The summed E-state index contributed by atoms with van der Waals surface area (Å²) in [7, 11) is 0. The van der Waals surface area contributed by atoms with Crippen molar-refractivity contribution >= 4 is 17.2 Å². The molecule has 0 aliphatic rings. The minimum atomic E-state index is -0.258. The lowest BCUT2D eigenvalue weighted by atomic mass is 10.1. The summed E-state index contributed by atoms with van der Waals surface area (Å²) in [6, 6.07) is 3.62.